The van der Waals surface area contributed by atoms with Crippen LogP contribution in [0.2, 0.25) is 5.02 Å². The van der Waals surface area contributed by atoms with Crippen molar-refractivity contribution in [1.29, 1.82) is 0 Å². The van der Waals surface area contributed by atoms with Crippen LogP contribution in [0.3, 0.4) is 0 Å². The molecule has 0 spiro atoms. The lowest BCUT2D eigenvalue weighted by molar-refractivity contribution is -0.352. The van der Waals surface area contributed by atoms with Crippen molar-refractivity contribution in [2.45, 2.75) is 6.92 Å². The first kappa shape index (κ1) is 17.3. The maximum absolute atomic E-state index is 6.04. The van der Waals surface area contributed by atoms with Gasteiger partial charge in [0, 0.05) is 5.02 Å². The van der Waals surface area contributed by atoms with Crippen LogP contribution in [0, 0.1) is 6.92 Å². The van der Waals surface area contributed by atoms with E-state index in [1.165, 1.54) is 16.3 Å². The second-order valence-electron chi connectivity index (χ2n) is 6.52. The molecule has 2 nitrogen and oxygen atoms in total. The van der Waals surface area contributed by atoms with Gasteiger partial charge in [-0.25, -0.2) is 10.3 Å². The van der Waals surface area contributed by atoms with Crippen LogP contribution in [0.1, 0.15) is 11.1 Å². The summed E-state index contributed by atoms with van der Waals surface area (Å²) in [6.07, 6.45) is 0. The van der Waals surface area contributed by atoms with Crippen LogP contribution in [0.5, 0.6) is 0 Å². The standard InChI is InChI=1S/C24H19ClN2/c1-17-9-13-20(14-10-17)26-24(27-21-15-11-19(25)12-16-21)23-8-4-6-18-5-2-3-7-22(18)23/h2-16H,1H3,(H,26,27)/p+1. The summed E-state index contributed by atoms with van der Waals surface area (Å²) in [5.41, 5.74) is 4.36. The molecule has 0 saturated carbocycles. The maximum Gasteiger partial charge on any atom is 0.285 e. The average Bonchev–Trinajstić information content (AvgIpc) is 2.70. The highest BCUT2D eigenvalue weighted by Gasteiger charge is 2.15. The van der Waals surface area contributed by atoms with Crippen molar-refractivity contribution in [2.24, 2.45) is 0 Å². The summed E-state index contributed by atoms with van der Waals surface area (Å²) in [5.74, 6) is 0.929. The van der Waals surface area contributed by atoms with Gasteiger partial charge in [0.2, 0.25) is 0 Å². The van der Waals surface area contributed by atoms with Gasteiger partial charge in [-0.2, -0.15) is 0 Å². The van der Waals surface area contributed by atoms with Gasteiger partial charge in [0.05, 0.1) is 5.56 Å². The number of fused-ring (bicyclic) bond motifs is 1. The van der Waals surface area contributed by atoms with Gasteiger partial charge >= 0.3 is 0 Å². The number of benzene rings is 4. The molecule has 0 bridgehead atoms. The van der Waals surface area contributed by atoms with E-state index >= 15 is 0 Å². The lowest BCUT2D eigenvalue weighted by Crippen LogP contribution is -2.68. The molecular weight excluding hydrogens is 352 g/mol. The number of aryl methyl sites for hydroxylation is 1. The van der Waals surface area contributed by atoms with Gasteiger partial charge < -0.3 is 0 Å². The fraction of sp³-hybridized carbons (Fsp3) is 0.0417. The predicted molar refractivity (Wildman–Crippen MR) is 115 cm³/mol. The SMILES string of the molecule is Cc1ccc([NH+]=C(Nc2ccc(Cl)cc2)c2cccc3ccccc23)cc1. The largest absolute Gasteiger partial charge is 0.285 e. The molecule has 0 radical (unpaired) electrons. The lowest BCUT2D eigenvalue weighted by Gasteiger charge is -2.08. The van der Waals surface area contributed by atoms with Crippen LogP contribution in [-0.4, -0.2) is 5.84 Å². The summed E-state index contributed by atoms with van der Waals surface area (Å²) in [6, 6.07) is 30.8. The van der Waals surface area contributed by atoms with E-state index in [-0.39, 0.29) is 0 Å². The number of rotatable bonds is 3. The van der Waals surface area contributed by atoms with Crippen molar-refractivity contribution in [3.05, 3.63) is 107 Å². The summed E-state index contributed by atoms with van der Waals surface area (Å²) in [6.45, 7) is 2.09. The van der Waals surface area contributed by atoms with E-state index in [4.69, 9.17) is 11.6 Å². The van der Waals surface area contributed by atoms with Gasteiger partial charge in [-0.15, -0.1) is 0 Å². The quantitative estimate of drug-likeness (QED) is 0.381. The molecule has 0 saturated heterocycles. The zero-order valence-corrected chi connectivity index (χ0v) is 15.8. The number of hydrogen-bond acceptors (Lipinski definition) is 0. The molecule has 0 aliphatic rings. The van der Waals surface area contributed by atoms with Crippen LogP contribution < -0.4 is 10.3 Å². The molecule has 4 aromatic rings. The molecule has 0 fully saturated rings. The normalized spacial score (nSPS) is 11.6. The van der Waals surface area contributed by atoms with Crippen LogP contribution in [0.15, 0.2) is 91.0 Å². The van der Waals surface area contributed by atoms with Gasteiger partial charge in [0.15, 0.2) is 0 Å². The second-order valence-corrected chi connectivity index (χ2v) is 6.96. The van der Waals surface area contributed by atoms with Crippen molar-refractivity contribution in [2.75, 3.05) is 5.32 Å². The number of anilines is 1. The zero-order chi connectivity index (χ0) is 18.6. The minimum absolute atomic E-state index is 0.721. The average molecular weight is 372 g/mol. The summed E-state index contributed by atoms with van der Waals surface area (Å²) in [5, 5.41) is 6.64. The lowest BCUT2D eigenvalue weighted by atomic mass is 10.0. The van der Waals surface area contributed by atoms with Crippen molar-refractivity contribution >= 4 is 39.6 Å². The van der Waals surface area contributed by atoms with Gasteiger partial charge in [0.1, 0.15) is 11.4 Å². The van der Waals surface area contributed by atoms with E-state index < -0.39 is 0 Å². The molecule has 4 rings (SSSR count). The van der Waals surface area contributed by atoms with Gasteiger partial charge in [-0.3, -0.25) is 0 Å². The van der Waals surface area contributed by atoms with E-state index in [1.54, 1.807) is 0 Å². The molecule has 4 aromatic carbocycles. The molecule has 0 unspecified atom stereocenters. The van der Waals surface area contributed by atoms with Crippen molar-refractivity contribution < 1.29 is 4.99 Å². The number of amidine groups is 1. The van der Waals surface area contributed by atoms with Crippen LogP contribution in [0.4, 0.5) is 11.4 Å². The molecule has 0 aromatic heterocycles. The third-order valence-electron chi connectivity index (χ3n) is 4.49. The second kappa shape index (κ2) is 7.65. The minimum Gasteiger partial charge on any atom is -0.240 e. The molecule has 0 aliphatic carbocycles. The van der Waals surface area contributed by atoms with Gasteiger partial charge in [-0.05, 0) is 60.2 Å². The first-order valence-corrected chi connectivity index (χ1v) is 9.28. The highest BCUT2D eigenvalue weighted by Crippen LogP contribution is 2.20. The summed E-state index contributed by atoms with van der Waals surface area (Å²) in [4.78, 5) is 3.55. The Balaban J connectivity index is 1.84. The zero-order valence-electron chi connectivity index (χ0n) is 15.0. The molecular formula is C24H20ClN2+. The smallest absolute Gasteiger partial charge is 0.240 e. The molecule has 27 heavy (non-hydrogen) atoms. The number of nitrogens with one attached hydrogen (secondary N) is 2. The van der Waals surface area contributed by atoms with Gasteiger partial charge in [-0.1, -0.05) is 65.7 Å². The van der Waals surface area contributed by atoms with Crippen molar-refractivity contribution in [3.63, 3.8) is 0 Å². The Labute approximate surface area is 164 Å². The first-order chi connectivity index (χ1) is 13.2. The highest BCUT2D eigenvalue weighted by molar-refractivity contribution is 6.30. The van der Waals surface area contributed by atoms with E-state index in [2.05, 4.69) is 84.0 Å². The fourth-order valence-electron chi connectivity index (χ4n) is 3.07. The Bertz CT molecular complexity index is 1090. The van der Waals surface area contributed by atoms with E-state index in [1.807, 2.05) is 24.3 Å². The highest BCUT2D eigenvalue weighted by atomic mass is 35.5. The first-order valence-electron chi connectivity index (χ1n) is 8.90. The van der Waals surface area contributed by atoms with Gasteiger partial charge in [0.25, 0.3) is 5.84 Å². The third kappa shape index (κ3) is 4.02. The minimum atomic E-state index is 0.721. The Morgan fingerprint density at radius 2 is 1.48 bits per heavy atom. The van der Waals surface area contributed by atoms with E-state index in [0.29, 0.717) is 0 Å². The molecule has 0 heterocycles. The summed E-state index contributed by atoms with van der Waals surface area (Å²) >= 11 is 6.04. The molecule has 0 aliphatic heterocycles. The van der Waals surface area contributed by atoms with Crippen molar-refractivity contribution in [3.8, 4) is 0 Å². The number of hydrogen-bond donors (Lipinski definition) is 2. The van der Waals surface area contributed by atoms with E-state index in [9.17, 15) is 0 Å². The number of halogens is 1. The Morgan fingerprint density at radius 1 is 0.778 bits per heavy atom. The van der Waals surface area contributed by atoms with Crippen LogP contribution >= 0.6 is 11.6 Å². The molecule has 0 atom stereocenters. The Morgan fingerprint density at radius 3 is 2.26 bits per heavy atom. The van der Waals surface area contributed by atoms with E-state index in [0.717, 1.165) is 27.8 Å². The maximum atomic E-state index is 6.04. The molecule has 132 valence electrons. The van der Waals surface area contributed by atoms with Crippen LogP contribution in [0.25, 0.3) is 10.8 Å². The predicted octanol–water partition coefficient (Wildman–Crippen LogP) is 5.07. The fourth-order valence-corrected chi connectivity index (χ4v) is 3.19. The molecule has 3 heteroatoms. The Hall–Kier alpha value is -3.10. The third-order valence-corrected chi connectivity index (χ3v) is 4.75. The van der Waals surface area contributed by atoms with Crippen molar-refractivity contribution in [1.82, 2.24) is 0 Å². The topological polar surface area (TPSA) is 26.0 Å². The summed E-state index contributed by atoms with van der Waals surface area (Å²) < 4.78 is 0. The van der Waals surface area contributed by atoms with Crippen LogP contribution in [-0.2, 0) is 0 Å². The monoisotopic (exact) mass is 371 g/mol. The Kier molecular flexibility index (Phi) is 4.91. The molecule has 2 N–H and O–H groups in total. The molecule has 0 amide bonds. The summed E-state index contributed by atoms with van der Waals surface area (Å²) in [7, 11) is 0.